The lowest BCUT2D eigenvalue weighted by Gasteiger charge is -2.39. The van der Waals surface area contributed by atoms with Gasteiger partial charge in [-0.1, -0.05) is 30.7 Å². The summed E-state index contributed by atoms with van der Waals surface area (Å²) in [5.74, 6) is -0.514. The Hall–Kier alpha value is -2.57. The van der Waals surface area contributed by atoms with E-state index >= 15 is 0 Å². The Kier molecular flexibility index (Phi) is 11.7. The smallest absolute Gasteiger partial charge is 0.303 e. The van der Waals surface area contributed by atoms with Gasteiger partial charge in [-0.2, -0.15) is 0 Å². The van der Waals surface area contributed by atoms with Crippen LogP contribution in [0.2, 0.25) is 0 Å². The molecule has 9 atom stereocenters. The molecule has 11 heteroatoms. The van der Waals surface area contributed by atoms with Gasteiger partial charge in [0, 0.05) is 33.5 Å². The highest BCUT2D eigenvalue weighted by Gasteiger charge is 2.58. The summed E-state index contributed by atoms with van der Waals surface area (Å²) in [4.78, 5) is 35.8. The summed E-state index contributed by atoms with van der Waals surface area (Å²) in [7, 11) is 3.35. The second kappa shape index (κ2) is 14.6. The van der Waals surface area contributed by atoms with Crippen LogP contribution in [0, 0.1) is 5.92 Å². The first-order valence-electron chi connectivity index (χ1n) is 14.4. The van der Waals surface area contributed by atoms with Crippen molar-refractivity contribution in [1.29, 1.82) is 0 Å². The highest BCUT2D eigenvalue weighted by atomic mass is 16.6. The second-order valence-corrected chi connectivity index (χ2v) is 11.5. The highest BCUT2D eigenvalue weighted by molar-refractivity contribution is 5.87. The fourth-order valence-corrected chi connectivity index (χ4v) is 5.34. The quantitative estimate of drug-likeness (QED) is 0.111. The number of nitrogens with zero attached hydrogens (tertiary/aromatic N) is 1. The molecule has 230 valence electrons. The topological polar surface area (TPSA) is 139 Å². The summed E-state index contributed by atoms with van der Waals surface area (Å²) >= 11 is 0. The van der Waals surface area contributed by atoms with Gasteiger partial charge in [0.05, 0.1) is 37.4 Å². The fraction of sp³-hybridized carbons (Fsp3) is 0.700. The number of amides is 2. The molecular formula is C30H47N3O8. The van der Waals surface area contributed by atoms with E-state index in [1.807, 2.05) is 26.0 Å². The monoisotopic (exact) mass is 577 g/mol. The van der Waals surface area contributed by atoms with Crippen LogP contribution in [0.3, 0.4) is 0 Å². The molecule has 3 aliphatic heterocycles. The Morgan fingerprint density at radius 3 is 2.54 bits per heavy atom. The summed E-state index contributed by atoms with van der Waals surface area (Å²) in [6.45, 7) is 9.54. The molecule has 2 amide bonds. The van der Waals surface area contributed by atoms with Gasteiger partial charge in [-0.15, -0.1) is 0 Å². The van der Waals surface area contributed by atoms with Crippen LogP contribution < -0.4 is 10.7 Å². The number of hydrogen-bond acceptors (Lipinski definition) is 9. The zero-order valence-corrected chi connectivity index (χ0v) is 25.3. The Labute approximate surface area is 243 Å². The van der Waals surface area contributed by atoms with E-state index in [1.165, 1.54) is 18.0 Å². The van der Waals surface area contributed by atoms with E-state index in [1.54, 1.807) is 27.1 Å². The molecule has 0 aromatic carbocycles. The maximum Gasteiger partial charge on any atom is 0.303 e. The maximum atomic E-state index is 12.4. The molecule has 0 unspecified atom stereocenters. The zero-order valence-electron chi connectivity index (χ0n) is 25.3. The van der Waals surface area contributed by atoms with Crippen LogP contribution in [-0.2, 0) is 33.3 Å². The largest absolute Gasteiger partial charge is 0.459 e. The first kappa shape index (κ1) is 32.9. The number of esters is 1. The maximum absolute atomic E-state index is 12.4. The summed E-state index contributed by atoms with van der Waals surface area (Å²) in [6.07, 6.45) is 8.63. The van der Waals surface area contributed by atoms with Gasteiger partial charge in [0.2, 0.25) is 11.8 Å². The van der Waals surface area contributed by atoms with Gasteiger partial charge in [-0.25, -0.2) is 5.43 Å². The van der Waals surface area contributed by atoms with E-state index < -0.39 is 29.9 Å². The molecule has 0 bridgehead atoms. The van der Waals surface area contributed by atoms with Crippen molar-refractivity contribution in [2.45, 2.75) is 109 Å². The van der Waals surface area contributed by atoms with E-state index in [9.17, 15) is 19.5 Å². The van der Waals surface area contributed by atoms with Gasteiger partial charge < -0.3 is 29.4 Å². The molecule has 11 nitrogen and oxygen atoms in total. The van der Waals surface area contributed by atoms with Crippen molar-refractivity contribution in [3.63, 3.8) is 0 Å². The van der Waals surface area contributed by atoms with Crippen molar-refractivity contribution < 1.29 is 38.4 Å². The average Bonchev–Trinajstić information content (AvgIpc) is 3.68. The third-order valence-corrected chi connectivity index (χ3v) is 8.04. The van der Waals surface area contributed by atoms with Crippen molar-refractivity contribution in [2.75, 3.05) is 20.7 Å². The number of allylic oxidation sites excluding steroid dienone is 2. The molecular weight excluding hydrogens is 530 g/mol. The van der Waals surface area contributed by atoms with E-state index in [0.717, 1.165) is 12.0 Å². The molecule has 0 saturated carbocycles. The number of ether oxygens (including phenoxy) is 4. The minimum Gasteiger partial charge on any atom is -0.459 e. The van der Waals surface area contributed by atoms with Crippen LogP contribution in [-0.4, -0.2) is 96.9 Å². The number of nitrogens with one attached hydrogen (secondary N) is 2. The number of aliphatic hydroxyl groups is 1. The lowest BCUT2D eigenvalue weighted by atomic mass is 9.87. The van der Waals surface area contributed by atoms with E-state index in [0.29, 0.717) is 19.4 Å². The molecule has 0 radical (unpaired) electrons. The van der Waals surface area contributed by atoms with E-state index in [2.05, 4.69) is 23.7 Å². The molecule has 3 rings (SSSR count). The first-order chi connectivity index (χ1) is 19.3. The molecule has 41 heavy (non-hydrogen) atoms. The summed E-state index contributed by atoms with van der Waals surface area (Å²) < 4.78 is 23.0. The lowest BCUT2D eigenvalue weighted by molar-refractivity contribution is -0.151. The van der Waals surface area contributed by atoms with Crippen molar-refractivity contribution in [1.82, 2.24) is 15.8 Å². The predicted octanol–water partition coefficient (Wildman–Crippen LogP) is 1.96. The van der Waals surface area contributed by atoms with Crippen LogP contribution in [0.5, 0.6) is 0 Å². The molecule has 3 aliphatic rings. The van der Waals surface area contributed by atoms with Crippen molar-refractivity contribution >= 4 is 17.8 Å². The van der Waals surface area contributed by atoms with Crippen LogP contribution in [0.4, 0.5) is 0 Å². The fourth-order valence-electron chi connectivity index (χ4n) is 5.34. The molecule has 3 heterocycles. The van der Waals surface area contributed by atoms with Gasteiger partial charge in [0.15, 0.2) is 0 Å². The molecule has 1 spiro atoms. The molecule has 3 N–H and O–H groups in total. The summed E-state index contributed by atoms with van der Waals surface area (Å²) in [5, 5.41) is 15.3. The molecule has 0 aliphatic carbocycles. The summed E-state index contributed by atoms with van der Waals surface area (Å²) in [6, 6.07) is -0.123. The number of hydrazine groups is 1. The van der Waals surface area contributed by atoms with Crippen LogP contribution in [0.25, 0.3) is 0 Å². The minimum atomic E-state index is -0.797. The Morgan fingerprint density at radius 2 is 1.90 bits per heavy atom. The first-order valence-corrected chi connectivity index (χ1v) is 14.4. The SMILES string of the molecule is CNN(C)C(=O)C[C@@H]1C[C@@]2(CO2)[C@H](O)[C@@H](/C=C/C(C)=C/C[C@@H]2O[C@H](C)[C@H](NC(=O)/C=C\[C@H](C)OC(C)=O)C[C@@H]2C)O1. The normalized spacial score (nSPS) is 34.5. The van der Waals surface area contributed by atoms with Gasteiger partial charge in [-0.05, 0) is 45.6 Å². The number of carbonyl (C=O) groups excluding carboxylic acids is 3. The Balaban J connectivity index is 1.51. The van der Waals surface area contributed by atoms with Crippen molar-refractivity contribution in [3.05, 3.63) is 36.0 Å². The number of aliphatic hydroxyl groups excluding tert-OH is 1. The standard InChI is InChI=1S/C30H47N3O8/c1-18(9-12-26-29(37)30(17-38-30)16-23(41-26)15-28(36)33(7)31-6)8-11-25-19(2)14-24(21(4)40-25)32-27(35)13-10-20(3)39-22(5)34/h8-10,12-13,19-21,23-26,29,31,37H,11,14-17H2,1-7H3,(H,32,35)/b12-9+,13-10-,18-8+/t19-,20-,21+,23+,24+,25-,26+,29+,30+/m0/s1. The zero-order chi connectivity index (χ0) is 30.3. The Bertz CT molecular complexity index is 1020. The van der Waals surface area contributed by atoms with Gasteiger partial charge >= 0.3 is 5.97 Å². The Morgan fingerprint density at radius 1 is 1.20 bits per heavy atom. The number of epoxide rings is 1. The van der Waals surface area contributed by atoms with Crippen molar-refractivity contribution in [3.8, 4) is 0 Å². The molecule has 3 saturated heterocycles. The summed E-state index contributed by atoms with van der Waals surface area (Å²) in [5.41, 5.74) is 3.17. The van der Waals surface area contributed by atoms with Crippen LogP contribution in [0.1, 0.15) is 60.3 Å². The molecule has 3 fully saturated rings. The van der Waals surface area contributed by atoms with E-state index in [4.69, 9.17) is 18.9 Å². The molecule has 0 aromatic rings. The lowest BCUT2D eigenvalue weighted by Crippen LogP contribution is -2.51. The molecule has 0 aromatic heterocycles. The third-order valence-electron chi connectivity index (χ3n) is 8.04. The number of rotatable bonds is 11. The average molecular weight is 578 g/mol. The highest BCUT2D eigenvalue weighted by Crippen LogP contribution is 2.43. The predicted molar refractivity (Wildman–Crippen MR) is 152 cm³/mol. The number of hydrogen-bond donors (Lipinski definition) is 3. The number of carbonyl (C=O) groups is 3. The van der Waals surface area contributed by atoms with Crippen LogP contribution in [0.15, 0.2) is 36.0 Å². The van der Waals surface area contributed by atoms with Gasteiger partial charge in [0.1, 0.15) is 23.9 Å². The van der Waals surface area contributed by atoms with Crippen LogP contribution >= 0.6 is 0 Å². The third kappa shape index (κ3) is 9.47. The minimum absolute atomic E-state index is 0.000227. The van der Waals surface area contributed by atoms with Gasteiger partial charge in [-0.3, -0.25) is 19.4 Å². The van der Waals surface area contributed by atoms with E-state index in [-0.39, 0.29) is 48.5 Å². The van der Waals surface area contributed by atoms with Crippen molar-refractivity contribution in [2.24, 2.45) is 5.92 Å². The van der Waals surface area contributed by atoms with Gasteiger partial charge in [0.25, 0.3) is 0 Å². The second-order valence-electron chi connectivity index (χ2n) is 11.5.